The van der Waals surface area contributed by atoms with Crippen molar-refractivity contribution in [2.75, 3.05) is 6.61 Å². The fourth-order valence-electron chi connectivity index (χ4n) is 2.39. The molecule has 1 aliphatic rings. The molecule has 0 saturated carbocycles. The van der Waals surface area contributed by atoms with Gasteiger partial charge in [-0.05, 0) is 41.3 Å². The Morgan fingerprint density at radius 2 is 2.05 bits per heavy atom. The Morgan fingerprint density at radius 3 is 2.89 bits per heavy atom. The number of rotatable bonds is 3. The van der Waals surface area contributed by atoms with Crippen LogP contribution in [0.3, 0.4) is 0 Å². The first kappa shape index (κ1) is 12.8. The Labute approximate surface area is 123 Å². The lowest BCUT2D eigenvalue weighted by molar-refractivity contribution is 0.357. The molecular formula is C16H14Cl2O. The van der Waals surface area contributed by atoms with E-state index < -0.39 is 0 Å². The number of ether oxygens (including phenoxy) is 1. The predicted octanol–water partition coefficient (Wildman–Crippen LogP) is 4.80. The molecule has 1 unspecified atom stereocenters. The summed E-state index contributed by atoms with van der Waals surface area (Å²) in [6.45, 7) is 0.778. The molecule has 1 atom stereocenters. The molecule has 0 fully saturated rings. The SMILES string of the molecule is Clc1cccc(CC(Cl)c2ccc3c(c2)CCO3)c1. The summed E-state index contributed by atoms with van der Waals surface area (Å²) >= 11 is 12.5. The smallest absolute Gasteiger partial charge is 0.122 e. The van der Waals surface area contributed by atoms with Crippen molar-refractivity contribution in [3.05, 3.63) is 64.2 Å². The van der Waals surface area contributed by atoms with Gasteiger partial charge in [0.2, 0.25) is 0 Å². The van der Waals surface area contributed by atoms with Crippen LogP contribution in [0.1, 0.15) is 22.1 Å². The molecule has 3 heteroatoms. The fraction of sp³-hybridized carbons (Fsp3) is 0.250. The van der Waals surface area contributed by atoms with E-state index >= 15 is 0 Å². The van der Waals surface area contributed by atoms with Crippen molar-refractivity contribution in [3.63, 3.8) is 0 Å². The highest BCUT2D eigenvalue weighted by Gasteiger charge is 2.16. The molecule has 2 aromatic rings. The average Bonchev–Trinajstić information content (AvgIpc) is 2.85. The number of benzene rings is 2. The summed E-state index contributed by atoms with van der Waals surface area (Å²) in [5, 5.41) is 0.716. The first-order chi connectivity index (χ1) is 9.22. The number of hydrogen-bond donors (Lipinski definition) is 0. The first-order valence-corrected chi connectivity index (χ1v) is 7.18. The van der Waals surface area contributed by atoms with Crippen LogP contribution in [0.2, 0.25) is 5.02 Å². The quantitative estimate of drug-likeness (QED) is 0.739. The Hall–Kier alpha value is -1.18. The maximum absolute atomic E-state index is 6.51. The van der Waals surface area contributed by atoms with Gasteiger partial charge in [0.15, 0.2) is 0 Å². The van der Waals surface area contributed by atoms with E-state index in [0.29, 0.717) is 0 Å². The molecule has 0 bridgehead atoms. The van der Waals surface area contributed by atoms with Gasteiger partial charge in [0.1, 0.15) is 5.75 Å². The summed E-state index contributed by atoms with van der Waals surface area (Å²) in [6, 6.07) is 14.1. The lowest BCUT2D eigenvalue weighted by Gasteiger charge is -2.11. The van der Waals surface area contributed by atoms with Crippen LogP contribution in [0.25, 0.3) is 0 Å². The zero-order valence-corrected chi connectivity index (χ0v) is 11.9. The standard InChI is InChI=1S/C16H14Cl2O/c17-14-3-1-2-11(8-14)9-15(18)12-4-5-16-13(10-12)6-7-19-16/h1-5,8,10,15H,6-7,9H2. The van der Waals surface area contributed by atoms with Crippen LogP contribution in [0.5, 0.6) is 5.75 Å². The van der Waals surface area contributed by atoms with Crippen LogP contribution in [0, 0.1) is 0 Å². The van der Waals surface area contributed by atoms with Gasteiger partial charge in [-0.25, -0.2) is 0 Å². The third-order valence-corrected chi connectivity index (χ3v) is 4.02. The Balaban J connectivity index is 1.78. The third-order valence-electron chi connectivity index (χ3n) is 3.38. The van der Waals surface area contributed by atoms with Crippen LogP contribution < -0.4 is 4.74 Å². The molecule has 19 heavy (non-hydrogen) atoms. The van der Waals surface area contributed by atoms with Gasteiger partial charge >= 0.3 is 0 Å². The maximum Gasteiger partial charge on any atom is 0.122 e. The topological polar surface area (TPSA) is 9.23 Å². The third kappa shape index (κ3) is 2.88. The van der Waals surface area contributed by atoms with Crippen molar-refractivity contribution in [1.29, 1.82) is 0 Å². The largest absolute Gasteiger partial charge is 0.493 e. The highest BCUT2D eigenvalue weighted by molar-refractivity contribution is 6.30. The van der Waals surface area contributed by atoms with Crippen molar-refractivity contribution >= 4 is 23.2 Å². The minimum absolute atomic E-state index is 0.0376. The summed E-state index contributed by atoms with van der Waals surface area (Å²) in [4.78, 5) is 0. The van der Waals surface area contributed by atoms with Gasteiger partial charge in [-0.15, -0.1) is 11.6 Å². The van der Waals surface area contributed by atoms with Crippen molar-refractivity contribution in [1.82, 2.24) is 0 Å². The van der Waals surface area contributed by atoms with E-state index in [2.05, 4.69) is 12.1 Å². The highest BCUT2D eigenvalue weighted by Crippen LogP contribution is 2.32. The molecule has 3 rings (SSSR count). The second-order valence-corrected chi connectivity index (χ2v) is 5.73. The molecule has 0 radical (unpaired) electrons. The summed E-state index contributed by atoms with van der Waals surface area (Å²) in [5.74, 6) is 0.996. The van der Waals surface area contributed by atoms with E-state index in [9.17, 15) is 0 Å². The van der Waals surface area contributed by atoms with Gasteiger partial charge in [0.25, 0.3) is 0 Å². The van der Waals surface area contributed by atoms with Crippen molar-refractivity contribution in [2.24, 2.45) is 0 Å². The molecule has 0 amide bonds. The van der Waals surface area contributed by atoms with E-state index in [1.165, 1.54) is 5.56 Å². The molecule has 0 aliphatic carbocycles. The van der Waals surface area contributed by atoms with E-state index in [0.717, 1.165) is 41.3 Å². The Kier molecular flexibility index (Phi) is 3.67. The van der Waals surface area contributed by atoms with Crippen molar-refractivity contribution < 1.29 is 4.74 Å². The lowest BCUT2D eigenvalue weighted by atomic mass is 10.0. The number of halogens is 2. The Bertz CT molecular complexity index is 595. The minimum atomic E-state index is -0.0376. The zero-order chi connectivity index (χ0) is 13.2. The first-order valence-electron chi connectivity index (χ1n) is 6.36. The monoisotopic (exact) mass is 292 g/mol. The second-order valence-electron chi connectivity index (χ2n) is 4.77. The van der Waals surface area contributed by atoms with Crippen LogP contribution in [-0.2, 0) is 12.8 Å². The average molecular weight is 293 g/mol. The molecule has 0 spiro atoms. The van der Waals surface area contributed by atoms with E-state index in [-0.39, 0.29) is 5.38 Å². The molecule has 1 aliphatic heterocycles. The molecular weight excluding hydrogens is 279 g/mol. The van der Waals surface area contributed by atoms with E-state index in [1.807, 2.05) is 30.3 Å². The van der Waals surface area contributed by atoms with Crippen LogP contribution in [0.15, 0.2) is 42.5 Å². The van der Waals surface area contributed by atoms with Crippen LogP contribution >= 0.6 is 23.2 Å². The van der Waals surface area contributed by atoms with Crippen molar-refractivity contribution in [2.45, 2.75) is 18.2 Å². The summed E-state index contributed by atoms with van der Waals surface area (Å²) in [7, 11) is 0. The van der Waals surface area contributed by atoms with Gasteiger partial charge in [-0.1, -0.05) is 35.9 Å². The zero-order valence-electron chi connectivity index (χ0n) is 10.4. The molecule has 1 nitrogen and oxygen atoms in total. The molecule has 2 aromatic carbocycles. The van der Waals surface area contributed by atoms with E-state index in [1.54, 1.807) is 0 Å². The predicted molar refractivity (Wildman–Crippen MR) is 79.4 cm³/mol. The van der Waals surface area contributed by atoms with Crippen LogP contribution in [0.4, 0.5) is 0 Å². The summed E-state index contributed by atoms with van der Waals surface area (Å²) in [5.41, 5.74) is 3.56. The van der Waals surface area contributed by atoms with Crippen LogP contribution in [-0.4, -0.2) is 6.61 Å². The highest BCUT2D eigenvalue weighted by atomic mass is 35.5. The number of alkyl halides is 1. The van der Waals surface area contributed by atoms with Crippen molar-refractivity contribution in [3.8, 4) is 5.75 Å². The molecule has 0 aromatic heterocycles. The molecule has 1 heterocycles. The number of hydrogen-bond acceptors (Lipinski definition) is 1. The van der Waals surface area contributed by atoms with Gasteiger partial charge in [0.05, 0.1) is 12.0 Å². The summed E-state index contributed by atoms with van der Waals surface area (Å²) < 4.78 is 5.51. The number of fused-ring (bicyclic) bond motifs is 1. The Morgan fingerprint density at radius 1 is 1.16 bits per heavy atom. The molecule has 0 N–H and O–H groups in total. The second kappa shape index (κ2) is 5.44. The van der Waals surface area contributed by atoms with E-state index in [4.69, 9.17) is 27.9 Å². The van der Waals surface area contributed by atoms with Gasteiger partial charge in [-0.3, -0.25) is 0 Å². The van der Waals surface area contributed by atoms with Gasteiger partial charge < -0.3 is 4.74 Å². The fourth-order valence-corrected chi connectivity index (χ4v) is 2.92. The lowest BCUT2D eigenvalue weighted by Crippen LogP contribution is -1.96. The van der Waals surface area contributed by atoms with Gasteiger partial charge in [-0.2, -0.15) is 0 Å². The summed E-state index contributed by atoms with van der Waals surface area (Å²) in [6.07, 6.45) is 1.76. The van der Waals surface area contributed by atoms with Gasteiger partial charge in [0, 0.05) is 11.4 Å². The minimum Gasteiger partial charge on any atom is -0.493 e. The molecule has 98 valence electrons. The molecule has 0 saturated heterocycles. The normalized spacial score (nSPS) is 14.8. The maximum atomic E-state index is 6.51.